The van der Waals surface area contributed by atoms with Gasteiger partial charge in [-0.25, -0.2) is 4.79 Å². The van der Waals surface area contributed by atoms with E-state index in [-0.39, 0.29) is 24.7 Å². The van der Waals surface area contributed by atoms with Gasteiger partial charge in [0.25, 0.3) is 0 Å². The second-order valence-electron chi connectivity index (χ2n) is 7.39. The highest BCUT2D eigenvalue weighted by atomic mass is 16.6. The smallest absolute Gasteiger partial charge is 0.410 e. The van der Waals surface area contributed by atoms with E-state index >= 15 is 0 Å². The molecule has 2 unspecified atom stereocenters. The van der Waals surface area contributed by atoms with Gasteiger partial charge in [-0.2, -0.15) is 0 Å². The predicted molar refractivity (Wildman–Crippen MR) is 89.1 cm³/mol. The zero-order valence-corrected chi connectivity index (χ0v) is 14.1. The topological polar surface area (TPSA) is 49.9 Å². The fourth-order valence-corrected chi connectivity index (χ4v) is 3.63. The van der Waals surface area contributed by atoms with Crippen LogP contribution in [0.4, 0.5) is 4.79 Å². The third kappa shape index (κ3) is 3.12. The normalized spacial score (nSPS) is 25.8. The Morgan fingerprint density at radius 2 is 1.92 bits per heavy atom. The SMILES string of the molecule is CN(C(=O)OCc1ccccc1)C1CN(C(=O)C2CC2C2CC2)C1. The molecule has 2 aliphatic carbocycles. The molecule has 1 aromatic rings. The lowest BCUT2D eigenvalue weighted by Gasteiger charge is -2.43. The molecule has 0 N–H and O–H groups in total. The number of rotatable bonds is 5. The van der Waals surface area contributed by atoms with Crippen molar-refractivity contribution < 1.29 is 14.3 Å². The molecular formula is C19H24N2O3. The third-order valence-electron chi connectivity index (χ3n) is 5.60. The number of carbonyl (C=O) groups excluding carboxylic acids is 2. The molecule has 3 aliphatic rings. The average Bonchev–Trinajstić information content (AvgIpc) is 3.43. The molecule has 0 aromatic heterocycles. The number of hydrogen-bond acceptors (Lipinski definition) is 3. The van der Waals surface area contributed by atoms with E-state index in [2.05, 4.69) is 0 Å². The summed E-state index contributed by atoms with van der Waals surface area (Å²) >= 11 is 0. The van der Waals surface area contributed by atoms with Crippen LogP contribution in [0.5, 0.6) is 0 Å². The van der Waals surface area contributed by atoms with Crippen molar-refractivity contribution in [2.45, 2.75) is 31.9 Å². The van der Waals surface area contributed by atoms with Gasteiger partial charge in [0.1, 0.15) is 6.61 Å². The van der Waals surface area contributed by atoms with Gasteiger partial charge in [-0.05, 0) is 36.7 Å². The van der Waals surface area contributed by atoms with Crippen LogP contribution in [0.25, 0.3) is 0 Å². The molecule has 128 valence electrons. The number of likely N-dealkylation sites (N-methyl/N-ethyl adjacent to an activating group) is 1. The number of likely N-dealkylation sites (tertiary alicyclic amines) is 1. The van der Waals surface area contributed by atoms with Gasteiger partial charge in [-0.1, -0.05) is 30.3 Å². The van der Waals surface area contributed by atoms with Crippen molar-refractivity contribution in [2.75, 3.05) is 20.1 Å². The first kappa shape index (κ1) is 15.5. The fourth-order valence-electron chi connectivity index (χ4n) is 3.63. The van der Waals surface area contributed by atoms with Crippen LogP contribution in [0.1, 0.15) is 24.8 Å². The first-order chi connectivity index (χ1) is 11.6. The van der Waals surface area contributed by atoms with E-state index in [1.54, 1.807) is 11.9 Å². The summed E-state index contributed by atoms with van der Waals surface area (Å²) < 4.78 is 5.34. The standard InChI is InChI=1S/C19H24N2O3/c1-20(19(23)24-12-13-5-3-2-4-6-13)15-10-21(11-15)18(22)17-9-16(17)14-7-8-14/h2-6,14-17H,7-12H2,1H3. The van der Waals surface area contributed by atoms with Crippen molar-refractivity contribution in [1.29, 1.82) is 0 Å². The summed E-state index contributed by atoms with van der Waals surface area (Å²) in [6, 6.07) is 9.73. The number of carbonyl (C=O) groups is 2. The molecule has 1 heterocycles. The maximum atomic E-state index is 12.4. The fraction of sp³-hybridized carbons (Fsp3) is 0.579. The molecule has 0 spiro atoms. The zero-order valence-electron chi connectivity index (χ0n) is 14.1. The highest BCUT2D eigenvalue weighted by molar-refractivity contribution is 5.83. The maximum absolute atomic E-state index is 12.4. The van der Waals surface area contributed by atoms with Crippen LogP contribution >= 0.6 is 0 Å². The van der Waals surface area contributed by atoms with Gasteiger partial charge < -0.3 is 14.5 Å². The summed E-state index contributed by atoms with van der Waals surface area (Å²) in [5, 5.41) is 0. The summed E-state index contributed by atoms with van der Waals surface area (Å²) in [4.78, 5) is 28.0. The summed E-state index contributed by atoms with van der Waals surface area (Å²) in [6.45, 7) is 1.57. The molecule has 0 bridgehead atoms. The Labute approximate surface area is 142 Å². The van der Waals surface area contributed by atoms with Crippen molar-refractivity contribution >= 4 is 12.0 Å². The van der Waals surface area contributed by atoms with E-state index in [1.165, 1.54) is 12.8 Å². The van der Waals surface area contributed by atoms with Gasteiger partial charge in [0.2, 0.25) is 5.91 Å². The Morgan fingerprint density at radius 1 is 1.21 bits per heavy atom. The molecule has 2 atom stereocenters. The highest BCUT2D eigenvalue weighted by Crippen LogP contribution is 2.55. The summed E-state index contributed by atoms with van der Waals surface area (Å²) in [6.07, 6.45) is 3.39. The molecular weight excluding hydrogens is 304 g/mol. The molecule has 2 saturated carbocycles. The maximum Gasteiger partial charge on any atom is 0.410 e. The second-order valence-corrected chi connectivity index (χ2v) is 7.39. The van der Waals surface area contributed by atoms with E-state index in [0.29, 0.717) is 24.9 Å². The van der Waals surface area contributed by atoms with E-state index in [1.807, 2.05) is 35.2 Å². The molecule has 24 heavy (non-hydrogen) atoms. The number of amides is 2. The van der Waals surface area contributed by atoms with Crippen LogP contribution < -0.4 is 0 Å². The lowest BCUT2D eigenvalue weighted by molar-refractivity contribution is -0.139. The minimum absolute atomic E-state index is 0.0790. The van der Waals surface area contributed by atoms with Crippen molar-refractivity contribution in [3.63, 3.8) is 0 Å². The van der Waals surface area contributed by atoms with Crippen molar-refractivity contribution in [3.8, 4) is 0 Å². The largest absolute Gasteiger partial charge is 0.445 e. The molecule has 3 fully saturated rings. The van der Waals surface area contributed by atoms with Crippen molar-refractivity contribution in [1.82, 2.24) is 9.80 Å². The van der Waals surface area contributed by atoms with E-state index in [9.17, 15) is 9.59 Å². The quantitative estimate of drug-likeness (QED) is 0.834. The minimum atomic E-state index is -0.321. The van der Waals surface area contributed by atoms with E-state index in [4.69, 9.17) is 4.74 Å². The lowest BCUT2D eigenvalue weighted by atomic mass is 10.1. The van der Waals surface area contributed by atoms with Gasteiger partial charge in [-0.15, -0.1) is 0 Å². The Morgan fingerprint density at radius 3 is 2.58 bits per heavy atom. The number of hydrogen-bond donors (Lipinski definition) is 0. The molecule has 1 aromatic carbocycles. The Balaban J connectivity index is 1.20. The van der Waals surface area contributed by atoms with E-state index in [0.717, 1.165) is 17.9 Å². The number of ether oxygens (including phenoxy) is 1. The second kappa shape index (κ2) is 6.11. The third-order valence-corrected chi connectivity index (χ3v) is 5.60. The highest BCUT2D eigenvalue weighted by Gasteiger charge is 2.53. The van der Waals surface area contributed by atoms with Crippen molar-refractivity contribution in [3.05, 3.63) is 35.9 Å². The first-order valence-corrected chi connectivity index (χ1v) is 8.86. The number of benzene rings is 1. The zero-order chi connectivity index (χ0) is 16.7. The number of nitrogens with zero attached hydrogens (tertiary/aromatic N) is 2. The molecule has 5 nitrogen and oxygen atoms in total. The molecule has 2 amide bonds. The predicted octanol–water partition coefficient (Wildman–Crippen LogP) is 2.51. The average molecular weight is 328 g/mol. The monoisotopic (exact) mass is 328 g/mol. The molecule has 0 radical (unpaired) electrons. The summed E-state index contributed by atoms with van der Waals surface area (Å²) in [7, 11) is 1.75. The Bertz CT molecular complexity index is 623. The van der Waals surface area contributed by atoms with Crippen LogP contribution in [0.3, 0.4) is 0 Å². The lowest BCUT2D eigenvalue weighted by Crippen LogP contribution is -2.61. The van der Waals surface area contributed by atoms with Crippen LogP contribution in [-0.2, 0) is 16.1 Å². The van der Waals surface area contributed by atoms with Crippen LogP contribution in [0.2, 0.25) is 0 Å². The molecule has 1 saturated heterocycles. The van der Waals surface area contributed by atoms with Gasteiger partial charge >= 0.3 is 6.09 Å². The van der Waals surface area contributed by atoms with Crippen LogP contribution in [0.15, 0.2) is 30.3 Å². The minimum Gasteiger partial charge on any atom is -0.445 e. The van der Waals surface area contributed by atoms with E-state index < -0.39 is 0 Å². The van der Waals surface area contributed by atoms with Crippen LogP contribution in [-0.4, -0.2) is 48.0 Å². The van der Waals surface area contributed by atoms with Crippen LogP contribution in [0, 0.1) is 17.8 Å². The van der Waals surface area contributed by atoms with Crippen molar-refractivity contribution in [2.24, 2.45) is 17.8 Å². The summed E-state index contributed by atoms with van der Waals surface area (Å²) in [5.41, 5.74) is 0.976. The molecule has 1 aliphatic heterocycles. The Kier molecular flexibility index (Phi) is 3.94. The molecule has 4 rings (SSSR count). The summed E-state index contributed by atoms with van der Waals surface area (Å²) in [5.74, 6) is 2.06. The van der Waals surface area contributed by atoms with Gasteiger partial charge in [-0.3, -0.25) is 4.79 Å². The van der Waals surface area contributed by atoms with Gasteiger partial charge in [0.15, 0.2) is 0 Å². The van der Waals surface area contributed by atoms with Gasteiger partial charge in [0.05, 0.1) is 6.04 Å². The van der Waals surface area contributed by atoms with Gasteiger partial charge in [0, 0.05) is 26.1 Å². The molecule has 5 heteroatoms. The first-order valence-electron chi connectivity index (χ1n) is 8.86. The Hall–Kier alpha value is -2.04.